The minimum atomic E-state index is 0.720. The topological polar surface area (TPSA) is 17.1 Å². The summed E-state index contributed by atoms with van der Waals surface area (Å²) in [5.41, 5.74) is 2.01. The molecule has 2 aromatic carbocycles. The summed E-state index contributed by atoms with van der Waals surface area (Å²) in [6, 6.07) is 16.0. The van der Waals surface area contributed by atoms with Crippen LogP contribution < -0.4 is 0 Å². The van der Waals surface area contributed by atoms with Crippen molar-refractivity contribution < 1.29 is 4.79 Å². The van der Waals surface area contributed by atoms with Gasteiger partial charge in [0.25, 0.3) is 0 Å². The molecular weight excluding hydrogens is 296 g/mol. The number of carbonyl (C=O) groups excluding carboxylic acids is 1. The van der Waals surface area contributed by atoms with E-state index in [2.05, 4.69) is 28.1 Å². The molecule has 0 bridgehead atoms. The fourth-order valence-corrected chi connectivity index (χ4v) is 2.51. The Hall–Kier alpha value is -1.06. The largest absolute Gasteiger partial charge is 0.298 e. The average molecular weight is 307 g/mol. The van der Waals surface area contributed by atoms with E-state index in [4.69, 9.17) is 0 Å². The van der Waals surface area contributed by atoms with Crippen molar-refractivity contribution in [3.8, 4) is 0 Å². The van der Waals surface area contributed by atoms with Gasteiger partial charge in [0, 0.05) is 20.7 Å². The van der Waals surface area contributed by atoms with Gasteiger partial charge in [-0.25, -0.2) is 0 Å². The van der Waals surface area contributed by atoms with Crippen LogP contribution in [0.3, 0.4) is 0 Å². The Kier molecular flexibility index (Phi) is 4.40. The zero-order valence-corrected chi connectivity index (χ0v) is 11.5. The maximum absolute atomic E-state index is 10.5. The quantitative estimate of drug-likeness (QED) is 0.609. The number of rotatable bonds is 4. The molecule has 0 atom stereocenters. The Morgan fingerprint density at radius 2 is 1.65 bits per heavy atom. The number of hydrogen-bond donors (Lipinski definition) is 0. The van der Waals surface area contributed by atoms with Crippen LogP contribution in [0.25, 0.3) is 0 Å². The summed E-state index contributed by atoms with van der Waals surface area (Å²) in [6.07, 6.45) is 0.864. The first-order valence-electron chi connectivity index (χ1n) is 5.20. The number of aldehydes is 1. The highest BCUT2D eigenvalue weighted by atomic mass is 79.9. The van der Waals surface area contributed by atoms with Crippen LogP contribution in [0.15, 0.2) is 57.9 Å². The molecule has 0 amide bonds. The van der Waals surface area contributed by atoms with Gasteiger partial charge in [0.2, 0.25) is 0 Å². The van der Waals surface area contributed by atoms with Crippen molar-refractivity contribution in [2.75, 3.05) is 0 Å². The summed E-state index contributed by atoms with van der Waals surface area (Å²) in [4.78, 5) is 11.7. The van der Waals surface area contributed by atoms with E-state index in [1.165, 1.54) is 10.5 Å². The highest BCUT2D eigenvalue weighted by Crippen LogP contribution is 2.23. The molecule has 0 heterocycles. The summed E-state index contributed by atoms with van der Waals surface area (Å²) in [5.74, 6) is 0.938. The monoisotopic (exact) mass is 306 g/mol. The van der Waals surface area contributed by atoms with Gasteiger partial charge in [-0.2, -0.15) is 0 Å². The van der Waals surface area contributed by atoms with E-state index in [9.17, 15) is 4.79 Å². The first kappa shape index (κ1) is 12.4. The summed E-state index contributed by atoms with van der Waals surface area (Å²) < 4.78 is 1.10. The maximum Gasteiger partial charge on any atom is 0.150 e. The Morgan fingerprint density at radius 1 is 1.00 bits per heavy atom. The molecule has 0 N–H and O–H groups in total. The van der Waals surface area contributed by atoms with Crippen LogP contribution in [0.5, 0.6) is 0 Å². The van der Waals surface area contributed by atoms with Crippen molar-refractivity contribution >= 4 is 34.0 Å². The molecule has 0 fully saturated rings. The third kappa shape index (κ3) is 3.72. The molecule has 0 aromatic heterocycles. The molecule has 0 aliphatic heterocycles. The predicted octanol–water partition coefficient (Wildman–Crippen LogP) is 4.55. The molecule has 0 saturated carbocycles. The van der Waals surface area contributed by atoms with Crippen molar-refractivity contribution in [1.82, 2.24) is 0 Å². The first-order valence-corrected chi connectivity index (χ1v) is 6.98. The fraction of sp³-hybridized carbons (Fsp3) is 0.0714. The van der Waals surface area contributed by atoms with Crippen LogP contribution in [0.2, 0.25) is 0 Å². The van der Waals surface area contributed by atoms with E-state index in [0.717, 1.165) is 22.1 Å². The zero-order valence-electron chi connectivity index (χ0n) is 9.10. The van der Waals surface area contributed by atoms with Gasteiger partial charge < -0.3 is 0 Å². The van der Waals surface area contributed by atoms with E-state index < -0.39 is 0 Å². The smallest absolute Gasteiger partial charge is 0.150 e. The van der Waals surface area contributed by atoms with Gasteiger partial charge in [0.05, 0.1) is 0 Å². The van der Waals surface area contributed by atoms with E-state index in [0.29, 0.717) is 0 Å². The normalized spacial score (nSPS) is 10.2. The highest BCUT2D eigenvalue weighted by molar-refractivity contribution is 9.10. The van der Waals surface area contributed by atoms with Crippen LogP contribution >= 0.6 is 27.7 Å². The Balaban J connectivity index is 1.97. The number of carbonyl (C=O) groups is 1. The van der Waals surface area contributed by atoms with Gasteiger partial charge in [-0.3, -0.25) is 4.79 Å². The molecule has 2 aromatic rings. The molecule has 0 radical (unpaired) electrons. The summed E-state index contributed by atoms with van der Waals surface area (Å²) in [6.45, 7) is 0. The number of thioether (sulfide) groups is 1. The van der Waals surface area contributed by atoms with Crippen molar-refractivity contribution in [1.29, 1.82) is 0 Å². The molecule has 0 unspecified atom stereocenters. The standard InChI is InChI=1S/C14H11BrOS/c15-13-5-1-12(2-6-13)10-17-14-7-3-11(9-16)4-8-14/h1-9H,10H2. The van der Waals surface area contributed by atoms with E-state index in [1.807, 2.05) is 36.4 Å². The lowest BCUT2D eigenvalue weighted by atomic mass is 10.2. The lowest BCUT2D eigenvalue weighted by Crippen LogP contribution is -1.81. The van der Waals surface area contributed by atoms with Crippen LogP contribution in [0.1, 0.15) is 15.9 Å². The Bertz CT molecular complexity index is 491. The molecule has 2 rings (SSSR count). The molecule has 0 spiro atoms. The number of halogens is 1. The second kappa shape index (κ2) is 6.03. The molecule has 0 aliphatic rings. The van der Waals surface area contributed by atoms with E-state index >= 15 is 0 Å². The maximum atomic E-state index is 10.5. The van der Waals surface area contributed by atoms with Crippen molar-refractivity contribution in [3.05, 3.63) is 64.1 Å². The fourth-order valence-electron chi connectivity index (χ4n) is 1.39. The third-order valence-corrected chi connectivity index (χ3v) is 3.95. The molecule has 0 saturated heterocycles. The van der Waals surface area contributed by atoms with Crippen LogP contribution in [0.4, 0.5) is 0 Å². The number of hydrogen-bond acceptors (Lipinski definition) is 2. The molecular formula is C14H11BrOS. The zero-order chi connectivity index (χ0) is 12.1. The minimum Gasteiger partial charge on any atom is -0.298 e. The molecule has 0 aliphatic carbocycles. The van der Waals surface area contributed by atoms with Gasteiger partial charge in [-0.15, -0.1) is 11.8 Å². The Morgan fingerprint density at radius 3 is 2.24 bits per heavy atom. The van der Waals surface area contributed by atoms with Crippen LogP contribution in [0, 0.1) is 0 Å². The van der Waals surface area contributed by atoms with Gasteiger partial charge in [-0.05, 0) is 29.8 Å². The summed E-state index contributed by atoms with van der Waals surface area (Å²) in [7, 11) is 0. The third-order valence-electron chi connectivity index (χ3n) is 2.33. The average Bonchev–Trinajstić information content (AvgIpc) is 2.39. The van der Waals surface area contributed by atoms with Gasteiger partial charge >= 0.3 is 0 Å². The molecule has 17 heavy (non-hydrogen) atoms. The van der Waals surface area contributed by atoms with Crippen molar-refractivity contribution in [2.45, 2.75) is 10.6 Å². The highest BCUT2D eigenvalue weighted by Gasteiger charge is 1.97. The first-order chi connectivity index (χ1) is 8.28. The van der Waals surface area contributed by atoms with Crippen molar-refractivity contribution in [2.24, 2.45) is 0 Å². The second-order valence-electron chi connectivity index (χ2n) is 3.60. The minimum absolute atomic E-state index is 0.720. The van der Waals surface area contributed by atoms with Crippen molar-refractivity contribution in [3.63, 3.8) is 0 Å². The summed E-state index contributed by atoms with van der Waals surface area (Å²) >= 11 is 5.18. The van der Waals surface area contributed by atoms with Gasteiger partial charge in [-0.1, -0.05) is 40.2 Å². The van der Waals surface area contributed by atoms with Gasteiger partial charge in [0.1, 0.15) is 6.29 Å². The predicted molar refractivity (Wildman–Crippen MR) is 75.5 cm³/mol. The molecule has 3 heteroatoms. The molecule has 1 nitrogen and oxygen atoms in total. The van der Waals surface area contributed by atoms with E-state index in [1.54, 1.807) is 11.8 Å². The Labute approximate surface area is 113 Å². The SMILES string of the molecule is O=Cc1ccc(SCc2ccc(Br)cc2)cc1. The second-order valence-corrected chi connectivity index (χ2v) is 5.57. The number of benzene rings is 2. The van der Waals surface area contributed by atoms with Crippen LogP contribution in [-0.4, -0.2) is 6.29 Å². The van der Waals surface area contributed by atoms with Gasteiger partial charge in [0.15, 0.2) is 0 Å². The lowest BCUT2D eigenvalue weighted by molar-refractivity contribution is 0.112. The lowest BCUT2D eigenvalue weighted by Gasteiger charge is -2.02. The van der Waals surface area contributed by atoms with E-state index in [-0.39, 0.29) is 0 Å². The van der Waals surface area contributed by atoms with Crippen LogP contribution in [-0.2, 0) is 5.75 Å². The molecule has 86 valence electrons. The summed E-state index contributed by atoms with van der Waals surface area (Å²) in [5, 5.41) is 0.